The van der Waals surface area contributed by atoms with Gasteiger partial charge in [-0.05, 0) is 52.3 Å². The maximum atomic E-state index is 12.8. The van der Waals surface area contributed by atoms with Gasteiger partial charge < -0.3 is 14.8 Å². The van der Waals surface area contributed by atoms with Gasteiger partial charge in [-0.3, -0.25) is 9.59 Å². The zero-order valence-electron chi connectivity index (χ0n) is 14.6. The van der Waals surface area contributed by atoms with E-state index < -0.39 is 24.1 Å². The number of methoxy groups -OCH3 is 2. The van der Waals surface area contributed by atoms with E-state index in [1.807, 2.05) is 0 Å². The number of ether oxygens (including phenoxy) is 2. The highest BCUT2D eigenvalue weighted by Gasteiger charge is 2.10. The van der Waals surface area contributed by atoms with Crippen LogP contribution in [-0.2, 0) is 9.59 Å². The highest BCUT2D eigenvalue weighted by atomic mass is 79.9. The maximum Gasteiger partial charge on any atom is 0.249 e. The van der Waals surface area contributed by atoms with Crippen LogP contribution in [0.1, 0.15) is 12.0 Å². The second-order valence-corrected chi connectivity index (χ2v) is 6.11. The van der Waals surface area contributed by atoms with Crippen molar-refractivity contribution in [2.45, 2.75) is 6.42 Å². The summed E-state index contributed by atoms with van der Waals surface area (Å²) in [7, 11) is 3.03. The summed E-state index contributed by atoms with van der Waals surface area (Å²) in [6, 6.07) is 8.61. The summed E-state index contributed by atoms with van der Waals surface area (Å²) in [6.45, 7) is 0. The summed E-state index contributed by atoms with van der Waals surface area (Å²) in [5.74, 6) is -0.499. The Morgan fingerprint density at radius 2 is 1.74 bits per heavy atom. The number of halogens is 2. The fourth-order valence-electron chi connectivity index (χ4n) is 2.07. The second kappa shape index (κ2) is 9.67. The molecule has 0 aliphatic carbocycles. The Kier molecular flexibility index (Phi) is 7.30. The molecular formula is C18H17BrFN3O4. The van der Waals surface area contributed by atoms with Crippen LogP contribution in [0.4, 0.5) is 10.1 Å². The van der Waals surface area contributed by atoms with Crippen molar-refractivity contribution >= 4 is 39.6 Å². The van der Waals surface area contributed by atoms with Gasteiger partial charge in [0.15, 0.2) is 11.5 Å². The number of nitrogens with zero attached hydrogens (tertiary/aromatic N) is 1. The summed E-state index contributed by atoms with van der Waals surface area (Å²) in [6.07, 6.45) is 0.976. The number of rotatable bonds is 7. The van der Waals surface area contributed by atoms with Gasteiger partial charge in [0.2, 0.25) is 11.8 Å². The molecule has 2 amide bonds. The van der Waals surface area contributed by atoms with Gasteiger partial charge in [-0.1, -0.05) is 0 Å². The minimum absolute atomic E-state index is 0.395. The number of anilines is 1. The van der Waals surface area contributed by atoms with E-state index in [-0.39, 0.29) is 0 Å². The molecule has 0 heterocycles. The molecule has 0 aliphatic heterocycles. The molecule has 0 saturated carbocycles. The molecule has 0 radical (unpaired) electrons. The molecule has 0 saturated heterocycles. The predicted molar refractivity (Wildman–Crippen MR) is 103 cm³/mol. The minimum atomic E-state index is -0.595. The molecule has 0 unspecified atom stereocenters. The summed E-state index contributed by atoms with van der Waals surface area (Å²) in [5.41, 5.74) is 3.30. The van der Waals surface area contributed by atoms with Crippen molar-refractivity contribution in [3.8, 4) is 11.5 Å². The van der Waals surface area contributed by atoms with E-state index in [0.717, 1.165) is 0 Å². The lowest BCUT2D eigenvalue weighted by Crippen LogP contribution is -2.24. The molecule has 9 heteroatoms. The van der Waals surface area contributed by atoms with E-state index in [1.54, 1.807) is 12.1 Å². The summed E-state index contributed by atoms with van der Waals surface area (Å²) < 4.78 is 23.9. The SMILES string of the molecule is COc1cc(Br)c(C=NNC(=O)CC(=O)Nc2ccc(F)cc2)cc1OC. The molecule has 0 fully saturated rings. The molecule has 0 atom stereocenters. The van der Waals surface area contributed by atoms with Crippen molar-refractivity contribution < 1.29 is 23.5 Å². The molecule has 0 aliphatic rings. The first kappa shape index (κ1) is 20.4. The highest BCUT2D eigenvalue weighted by molar-refractivity contribution is 9.10. The topological polar surface area (TPSA) is 89.0 Å². The average Bonchev–Trinajstić information content (AvgIpc) is 2.64. The Bertz CT molecular complexity index is 856. The van der Waals surface area contributed by atoms with Crippen LogP contribution in [0.3, 0.4) is 0 Å². The molecule has 142 valence electrons. The van der Waals surface area contributed by atoms with E-state index in [2.05, 4.69) is 31.8 Å². The van der Waals surface area contributed by atoms with E-state index in [9.17, 15) is 14.0 Å². The molecule has 2 aromatic rings. The first-order valence-electron chi connectivity index (χ1n) is 7.71. The number of carbonyl (C=O) groups is 2. The van der Waals surface area contributed by atoms with Crippen molar-refractivity contribution in [3.63, 3.8) is 0 Å². The quantitative estimate of drug-likeness (QED) is 0.395. The van der Waals surface area contributed by atoms with Crippen LogP contribution in [0.25, 0.3) is 0 Å². The van der Waals surface area contributed by atoms with Crippen molar-refractivity contribution in [2.24, 2.45) is 5.10 Å². The first-order valence-corrected chi connectivity index (χ1v) is 8.51. The summed E-state index contributed by atoms with van der Waals surface area (Å²) in [4.78, 5) is 23.6. The van der Waals surface area contributed by atoms with Crippen LogP contribution in [0.2, 0.25) is 0 Å². The van der Waals surface area contributed by atoms with Crippen molar-refractivity contribution in [3.05, 3.63) is 52.3 Å². The Hall–Kier alpha value is -2.94. The van der Waals surface area contributed by atoms with Gasteiger partial charge in [0, 0.05) is 15.7 Å². The van der Waals surface area contributed by atoms with E-state index >= 15 is 0 Å². The fraction of sp³-hybridized carbons (Fsp3) is 0.167. The number of hydrogen-bond acceptors (Lipinski definition) is 5. The van der Waals surface area contributed by atoms with E-state index in [0.29, 0.717) is 27.2 Å². The van der Waals surface area contributed by atoms with Gasteiger partial charge >= 0.3 is 0 Å². The molecule has 27 heavy (non-hydrogen) atoms. The molecule has 2 N–H and O–H groups in total. The molecule has 7 nitrogen and oxygen atoms in total. The minimum Gasteiger partial charge on any atom is -0.493 e. The zero-order chi connectivity index (χ0) is 19.8. The van der Waals surface area contributed by atoms with Crippen molar-refractivity contribution in [1.82, 2.24) is 5.43 Å². The molecule has 2 rings (SSSR count). The Balaban J connectivity index is 1.91. The standard InChI is InChI=1S/C18H17BrFN3O4/c1-26-15-7-11(14(19)8-16(15)27-2)10-21-23-18(25)9-17(24)22-13-5-3-12(20)4-6-13/h3-8,10H,9H2,1-2H3,(H,22,24)(H,23,25). The molecule has 0 spiro atoms. The summed E-state index contributed by atoms with van der Waals surface area (Å²) in [5, 5.41) is 6.31. The third kappa shape index (κ3) is 6.07. The van der Waals surface area contributed by atoms with E-state index in [4.69, 9.17) is 9.47 Å². The van der Waals surface area contributed by atoms with Crippen LogP contribution in [0.15, 0.2) is 46.0 Å². The second-order valence-electron chi connectivity index (χ2n) is 5.25. The van der Waals surface area contributed by atoms with Crippen LogP contribution in [0, 0.1) is 5.82 Å². The third-order valence-corrected chi connectivity index (χ3v) is 4.03. The van der Waals surface area contributed by atoms with Gasteiger partial charge in [-0.2, -0.15) is 5.10 Å². The van der Waals surface area contributed by atoms with Crippen molar-refractivity contribution in [1.29, 1.82) is 0 Å². The maximum absolute atomic E-state index is 12.8. The van der Waals surface area contributed by atoms with Gasteiger partial charge in [-0.15, -0.1) is 0 Å². The van der Waals surface area contributed by atoms with Gasteiger partial charge in [0.25, 0.3) is 0 Å². The van der Waals surface area contributed by atoms with Crippen molar-refractivity contribution in [2.75, 3.05) is 19.5 Å². The van der Waals surface area contributed by atoms with Crippen LogP contribution in [0.5, 0.6) is 11.5 Å². The lowest BCUT2D eigenvalue weighted by atomic mass is 10.2. The average molecular weight is 438 g/mol. The Morgan fingerprint density at radius 3 is 2.37 bits per heavy atom. The third-order valence-electron chi connectivity index (χ3n) is 3.34. The number of benzene rings is 2. The summed E-state index contributed by atoms with van der Waals surface area (Å²) >= 11 is 3.37. The largest absolute Gasteiger partial charge is 0.493 e. The monoisotopic (exact) mass is 437 g/mol. The number of nitrogens with one attached hydrogen (secondary N) is 2. The smallest absolute Gasteiger partial charge is 0.249 e. The normalized spacial score (nSPS) is 10.5. The highest BCUT2D eigenvalue weighted by Crippen LogP contribution is 2.32. The number of amides is 2. The lowest BCUT2D eigenvalue weighted by molar-refractivity contribution is -0.126. The van der Waals surface area contributed by atoms with Gasteiger partial charge in [0.05, 0.1) is 20.4 Å². The number of carbonyl (C=O) groups excluding carboxylic acids is 2. The number of hydrazone groups is 1. The number of hydrogen-bond donors (Lipinski definition) is 2. The molecule has 2 aromatic carbocycles. The zero-order valence-corrected chi connectivity index (χ0v) is 16.2. The predicted octanol–water partition coefficient (Wildman–Crippen LogP) is 3.08. The molecular weight excluding hydrogens is 421 g/mol. The van der Waals surface area contributed by atoms with Crippen LogP contribution < -0.4 is 20.2 Å². The van der Waals surface area contributed by atoms with Gasteiger partial charge in [0.1, 0.15) is 12.2 Å². The Morgan fingerprint density at radius 1 is 1.11 bits per heavy atom. The molecule has 0 aromatic heterocycles. The van der Waals surface area contributed by atoms with E-state index in [1.165, 1.54) is 44.7 Å². The first-order chi connectivity index (χ1) is 12.9. The lowest BCUT2D eigenvalue weighted by Gasteiger charge is -2.09. The fourth-order valence-corrected chi connectivity index (χ4v) is 2.49. The van der Waals surface area contributed by atoms with Crippen LogP contribution >= 0.6 is 15.9 Å². The van der Waals surface area contributed by atoms with Crippen LogP contribution in [-0.4, -0.2) is 32.2 Å². The van der Waals surface area contributed by atoms with Gasteiger partial charge in [-0.25, -0.2) is 9.82 Å². The molecule has 0 bridgehead atoms. The Labute approximate surface area is 163 Å².